The fourth-order valence-corrected chi connectivity index (χ4v) is 2.01. The minimum atomic E-state index is 0.660. The van der Waals surface area contributed by atoms with Gasteiger partial charge in [0.15, 0.2) is 5.96 Å². The maximum atomic E-state index is 4.45. The molecule has 0 spiro atoms. The molecule has 2 heterocycles. The van der Waals surface area contributed by atoms with Crippen LogP contribution in [0.2, 0.25) is 0 Å². The Morgan fingerprint density at radius 2 is 2.00 bits per heavy atom. The Bertz CT molecular complexity index is 262. The molecule has 0 radical (unpaired) electrons. The predicted octanol–water partition coefficient (Wildman–Crippen LogP) is 0.485. The van der Waals surface area contributed by atoms with E-state index in [1.807, 2.05) is 12.3 Å². The molecule has 2 aliphatic rings. The zero-order chi connectivity index (χ0) is 10.7. The van der Waals surface area contributed by atoms with Crippen LogP contribution in [0.5, 0.6) is 0 Å². The number of hydrogen-bond acceptors (Lipinski definition) is 4. The van der Waals surface area contributed by atoms with Gasteiger partial charge in [-0.25, -0.2) is 4.99 Å². The third-order valence-electron chi connectivity index (χ3n) is 3.02. The number of guanidine groups is 1. The molecule has 0 unspecified atom stereocenters. The molecular weight excluding hydrogens is 188 g/mol. The van der Waals surface area contributed by atoms with Crippen LogP contribution in [0.1, 0.15) is 13.8 Å². The minimum absolute atomic E-state index is 0.660. The summed E-state index contributed by atoms with van der Waals surface area (Å²) in [4.78, 5) is 9.29. The van der Waals surface area contributed by atoms with E-state index in [1.165, 1.54) is 0 Å². The van der Waals surface area contributed by atoms with Gasteiger partial charge in [-0.2, -0.15) is 0 Å². The SMILES string of the molecule is CC(C)N1CCN(C2=NCC=CN2)CC1. The van der Waals surface area contributed by atoms with Gasteiger partial charge < -0.3 is 10.2 Å². The summed E-state index contributed by atoms with van der Waals surface area (Å²) in [5, 5.41) is 3.21. The van der Waals surface area contributed by atoms with Gasteiger partial charge in [0.25, 0.3) is 0 Å². The first-order valence-electron chi connectivity index (χ1n) is 5.72. The molecule has 4 heteroatoms. The number of nitrogens with zero attached hydrogens (tertiary/aromatic N) is 3. The highest BCUT2D eigenvalue weighted by atomic mass is 15.3. The van der Waals surface area contributed by atoms with Crippen molar-refractivity contribution in [2.75, 3.05) is 32.7 Å². The van der Waals surface area contributed by atoms with E-state index in [4.69, 9.17) is 0 Å². The van der Waals surface area contributed by atoms with E-state index in [2.05, 4.69) is 34.0 Å². The summed E-state index contributed by atoms with van der Waals surface area (Å²) in [7, 11) is 0. The van der Waals surface area contributed by atoms with E-state index in [-0.39, 0.29) is 0 Å². The largest absolute Gasteiger partial charge is 0.340 e. The van der Waals surface area contributed by atoms with Gasteiger partial charge in [0, 0.05) is 38.4 Å². The highest BCUT2D eigenvalue weighted by Gasteiger charge is 2.20. The van der Waals surface area contributed by atoms with Gasteiger partial charge in [0.2, 0.25) is 0 Å². The zero-order valence-electron chi connectivity index (χ0n) is 9.61. The lowest BCUT2D eigenvalue weighted by Gasteiger charge is -2.38. The Labute approximate surface area is 91.7 Å². The molecule has 0 aliphatic carbocycles. The van der Waals surface area contributed by atoms with Crippen LogP contribution in [0.4, 0.5) is 0 Å². The minimum Gasteiger partial charge on any atom is -0.340 e. The molecule has 1 fully saturated rings. The molecule has 1 saturated heterocycles. The number of aliphatic imine (C=N–C) groups is 1. The summed E-state index contributed by atoms with van der Waals surface area (Å²) in [5.41, 5.74) is 0. The molecule has 0 amide bonds. The van der Waals surface area contributed by atoms with Crippen molar-refractivity contribution in [3.63, 3.8) is 0 Å². The van der Waals surface area contributed by atoms with Crippen molar-refractivity contribution in [1.82, 2.24) is 15.1 Å². The van der Waals surface area contributed by atoms with E-state index in [0.717, 1.165) is 38.7 Å². The van der Waals surface area contributed by atoms with Crippen LogP contribution in [-0.2, 0) is 0 Å². The molecule has 4 nitrogen and oxygen atoms in total. The average molecular weight is 208 g/mol. The van der Waals surface area contributed by atoms with Crippen LogP contribution in [0.3, 0.4) is 0 Å². The van der Waals surface area contributed by atoms with Crippen LogP contribution in [-0.4, -0.2) is 54.5 Å². The first-order chi connectivity index (χ1) is 7.27. The number of rotatable bonds is 1. The van der Waals surface area contributed by atoms with Crippen LogP contribution >= 0.6 is 0 Å². The molecule has 0 bridgehead atoms. The number of hydrogen-bond donors (Lipinski definition) is 1. The molecule has 0 atom stereocenters. The highest BCUT2D eigenvalue weighted by Crippen LogP contribution is 2.06. The van der Waals surface area contributed by atoms with Gasteiger partial charge in [-0.15, -0.1) is 0 Å². The molecule has 0 aromatic carbocycles. The van der Waals surface area contributed by atoms with Crippen molar-refractivity contribution in [3.8, 4) is 0 Å². The van der Waals surface area contributed by atoms with Gasteiger partial charge >= 0.3 is 0 Å². The van der Waals surface area contributed by atoms with E-state index in [1.54, 1.807) is 0 Å². The van der Waals surface area contributed by atoms with Crippen molar-refractivity contribution in [3.05, 3.63) is 12.3 Å². The van der Waals surface area contributed by atoms with Gasteiger partial charge in [-0.3, -0.25) is 4.90 Å². The van der Waals surface area contributed by atoms with Crippen molar-refractivity contribution >= 4 is 5.96 Å². The molecule has 0 aromatic heterocycles. The average Bonchev–Trinajstić information content (AvgIpc) is 2.30. The first kappa shape index (κ1) is 10.5. The van der Waals surface area contributed by atoms with Crippen LogP contribution in [0, 0.1) is 0 Å². The van der Waals surface area contributed by atoms with Gasteiger partial charge in [-0.05, 0) is 19.9 Å². The third kappa shape index (κ3) is 2.50. The smallest absolute Gasteiger partial charge is 0.198 e. The van der Waals surface area contributed by atoms with Crippen molar-refractivity contribution in [1.29, 1.82) is 0 Å². The standard InChI is InChI=1S/C11H20N4/c1-10(2)14-6-8-15(9-7-14)11-12-4-3-5-13-11/h3-4,10H,5-9H2,1-2H3,(H,12,13). The quantitative estimate of drug-likeness (QED) is 0.680. The second kappa shape index (κ2) is 4.66. The van der Waals surface area contributed by atoms with E-state index in [0.29, 0.717) is 6.04 Å². The predicted molar refractivity (Wildman–Crippen MR) is 62.9 cm³/mol. The Kier molecular flexibility index (Phi) is 3.26. The van der Waals surface area contributed by atoms with Crippen LogP contribution in [0.25, 0.3) is 0 Å². The lowest BCUT2D eigenvalue weighted by molar-refractivity contribution is 0.147. The van der Waals surface area contributed by atoms with Gasteiger partial charge in [0.1, 0.15) is 0 Å². The Morgan fingerprint density at radius 3 is 2.53 bits per heavy atom. The Balaban J connectivity index is 1.85. The first-order valence-corrected chi connectivity index (χ1v) is 5.72. The zero-order valence-corrected chi connectivity index (χ0v) is 9.61. The van der Waals surface area contributed by atoms with E-state index in [9.17, 15) is 0 Å². The molecule has 0 aromatic rings. The normalized spacial score (nSPS) is 22.9. The molecule has 84 valence electrons. The fraction of sp³-hybridized carbons (Fsp3) is 0.727. The summed E-state index contributed by atoms with van der Waals surface area (Å²) in [6.07, 6.45) is 4.02. The number of piperazine rings is 1. The third-order valence-corrected chi connectivity index (χ3v) is 3.02. The maximum Gasteiger partial charge on any atom is 0.198 e. The second-order valence-corrected chi connectivity index (χ2v) is 4.33. The summed E-state index contributed by atoms with van der Waals surface area (Å²) < 4.78 is 0. The topological polar surface area (TPSA) is 30.9 Å². The van der Waals surface area contributed by atoms with E-state index >= 15 is 0 Å². The van der Waals surface area contributed by atoms with Gasteiger partial charge in [-0.1, -0.05) is 0 Å². The molecule has 2 aliphatic heterocycles. The lowest BCUT2D eigenvalue weighted by Crippen LogP contribution is -2.53. The number of nitrogens with one attached hydrogen (secondary N) is 1. The van der Waals surface area contributed by atoms with Crippen molar-refractivity contribution < 1.29 is 0 Å². The summed E-state index contributed by atoms with van der Waals surface area (Å²) in [5.74, 6) is 1.04. The van der Waals surface area contributed by atoms with Crippen molar-refractivity contribution in [2.45, 2.75) is 19.9 Å². The van der Waals surface area contributed by atoms with Crippen LogP contribution in [0.15, 0.2) is 17.3 Å². The monoisotopic (exact) mass is 208 g/mol. The Morgan fingerprint density at radius 1 is 1.27 bits per heavy atom. The summed E-state index contributed by atoms with van der Waals surface area (Å²) in [6.45, 7) is 9.77. The summed E-state index contributed by atoms with van der Waals surface area (Å²) in [6, 6.07) is 0.660. The molecule has 0 saturated carbocycles. The molecular formula is C11H20N4. The van der Waals surface area contributed by atoms with Crippen molar-refractivity contribution in [2.24, 2.45) is 4.99 Å². The van der Waals surface area contributed by atoms with Crippen LogP contribution < -0.4 is 5.32 Å². The molecule has 15 heavy (non-hydrogen) atoms. The lowest BCUT2D eigenvalue weighted by atomic mass is 10.2. The van der Waals surface area contributed by atoms with Gasteiger partial charge in [0.05, 0.1) is 6.54 Å². The highest BCUT2D eigenvalue weighted by molar-refractivity contribution is 5.81. The molecule has 1 N–H and O–H groups in total. The maximum absolute atomic E-state index is 4.45. The summed E-state index contributed by atoms with van der Waals surface area (Å²) >= 11 is 0. The Hall–Kier alpha value is -1.03. The second-order valence-electron chi connectivity index (χ2n) is 4.33. The fourth-order valence-electron chi connectivity index (χ4n) is 2.01. The van der Waals surface area contributed by atoms with E-state index < -0.39 is 0 Å². The molecule has 2 rings (SSSR count).